The molecule has 10 heteroatoms. The molecular formula is C21H22F3N5O2. The molecule has 4 rings (SSSR count). The fourth-order valence-corrected chi connectivity index (χ4v) is 2.99. The molecular weight excluding hydrogens is 411 g/mol. The summed E-state index contributed by atoms with van der Waals surface area (Å²) in [6.45, 7) is 1.91. The van der Waals surface area contributed by atoms with Crippen LogP contribution in [-0.2, 0) is 4.79 Å². The first kappa shape index (κ1) is 21.1. The second kappa shape index (κ2) is 7.52. The van der Waals surface area contributed by atoms with Crippen molar-refractivity contribution >= 4 is 17.2 Å². The molecule has 0 aromatic carbocycles. The van der Waals surface area contributed by atoms with Gasteiger partial charge in [0.1, 0.15) is 17.9 Å². The molecule has 3 N–H and O–H groups in total. The first-order valence-electron chi connectivity index (χ1n) is 9.79. The highest BCUT2D eigenvalue weighted by atomic mass is 19.4. The molecule has 0 spiro atoms. The van der Waals surface area contributed by atoms with Crippen LogP contribution < -0.4 is 15.8 Å². The molecule has 1 atom stereocenters. The second-order valence-electron chi connectivity index (χ2n) is 8.10. The van der Waals surface area contributed by atoms with Crippen LogP contribution in [0.4, 0.5) is 19.0 Å². The monoisotopic (exact) mass is 433 g/mol. The normalized spacial score (nSPS) is 16.2. The zero-order chi connectivity index (χ0) is 22.4. The predicted molar refractivity (Wildman–Crippen MR) is 109 cm³/mol. The maximum absolute atomic E-state index is 13.1. The van der Waals surface area contributed by atoms with E-state index in [-0.39, 0.29) is 17.6 Å². The highest BCUT2D eigenvalue weighted by molar-refractivity contribution is 5.93. The molecule has 0 bridgehead atoms. The quantitative estimate of drug-likeness (QED) is 0.618. The van der Waals surface area contributed by atoms with Crippen LogP contribution in [0, 0.1) is 12.8 Å². The molecule has 3 aromatic rings. The standard InChI is InChI=1S/C21H22F3N5O2/c1-12-7-16(17(10-26-12)31-11-20(2,25)21(22,23)24)14-5-6-29-15(8-14)9-18(28-29)27-19(30)13-3-4-13/h5-10,13H,3-4,11,25H2,1-2H3,(H,27,28,30)/t20-/m0/s1. The molecule has 31 heavy (non-hydrogen) atoms. The maximum Gasteiger partial charge on any atom is 0.409 e. The van der Waals surface area contributed by atoms with Crippen molar-refractivity contribution in [3.05, 3.63) is 42.4 Å². The molecule has 0 radical (unpaired) electrons. The van der Waals surface area contributed by atoms with Crippen molar-refractivity contribution in [2.45, 2.75) is 38.4 Å². The summed E-state index contributed by atoms with van der Waals surface area (Å²) in [6, 6.07) is 7.04. The van der Waals surface area contributed by atoms with Gasteiger partial charge in [-0.15, -0.1) is 0 Å². The minimum atomic E-state index is -4.61. The number of ether oxygens (including phenoxy) is 1. The molecule has 3 heterocycles. The summed E-state index contributed by atoms with van der Waals surface area (Å²) in [4.78, 5) is 16.1. The fraction of sp³-hybridized carbons (Fsp3) is 0.381. The summed E-state index contributed by atoms with van der Waals surface area (Å²) in [6.07, 6.45) is 0.273. The minimum Gasteiger partial charge on any atom is -0.489 e. The summed E-state index contributed by atoms with van der Waals surface area (Å²) in [7, 11) is 0. The SMILES string of the molecule is Cc1cc(-c2ccn3nc(NC(=O)C4CC4)cc3c2)c(OC[C@](C)(N)C(F)(F)F)cn1. The number of pyridine rings is 2. The number of anilines is 1. The third kappa shape index (κ3) is 4.48. The molecule has 3 aromatic heterocycles. The summed E-state index contributed by atoms with van der Waals surface area (Å²) >= 11 is 0. The van der Waals surface area contributed by atoms with Gasteiger partial charge in [0, 0.05) is 29.4 Å². The predicted octanol–water partition coefficient (Wildman–Crippen LogP) is 3.71. The molecule has 1 aliphatic carbocycles. The lowest BCUT2D eigenvalue weighted by Gasteiger charge is -2.27. The van der Waals surface area contributed by atoms with E-state index in [1.54, 1.807) is 35.8 Å². The lowest BCUT2D eigenvalue weighted by molar-refractivity contribution is -0.187. The van der Waals surface area contributed by atoms with E-state index in [1.165, 1.54) is 6.20 Å². The Morgan fingerprint density at radius 3 is 2.74 bits per heavy atom. The second-order valence-corrected chi connectivity index (χ2v) is 8.10. The van der Waals surface area contributed by atoms with E-state index in [0.717, 1.165) is 19.8 Å². The van der Waals surface area contributed by atoms with Crippen molar-refractivity contribution in [1.82, 2.24) is 14.6 Å². The van der Waals surface area contributed by atoms with E-state index in [9.17, 15) is 18.0 Å². The Bertz CT molecular complexity index is 1140. The zero-order valence-corrected chi connectivity index (χ0v) is 17.0. The van der Waals surface area contributed by atoms with Crippen molar-refractivity contribution in [3.8, 4) is 16.9 Å². The molecule has 1 saturated carbocycles. The molecule has 7 nitrogen and oxygen atoms in total. The number of halogens is 3. The van der Waals surface area contributed by atoms with Crippen LogP contribution in [0.5, 0.6) is 5.75 Å². The number of nitrogens with one attached hydrogen (secondary N) is 1. The first-order chi connectivity index (χ1) is 14.5. The number of nitrogens with zero attached hydrogens (tertiary/aromatic N) is 3. The fourth-order valence-electron chi connectivity index (χ4n) is 2.99. The van der Waals surface area contributed by atoms with Gasteiger partial charge >= 0.3 is 6.18 Å². The van der Waals surface area contributed by atoms with Gasteiger partial charge in [-0.25, -0.2) is 4.52 Å². The Kier molecular flexibility index (Phi) is 5.12. The molecule has 1 fully saturated rings. The van der Waals surface area contributed by atoms with E-state index < -0.39 is 18.3 Å². The van der Waals surface area contributed by atoms with E-state index in [0.29, 0.717) is 28.2 Å². The smallest absolute Gasteiger partial charge is 0.409 e. The van der Waals surface area contributed by atoms with Crippen molar-refractivity contribution in [3.63, 3.8) is 0 Å². The Hall–Kier alpha value is -3.14. The van der Waals surface area contributed by atoms with Crippen LogP contribution in [0.2, 0.25) is 0 Å². The van der Waals surface area contributed by atoms with Crippen molar-refractivity contribution in [1.29, 1.82) is 0 Å². The maximum atomic E-state index is 13.1. The Balaban J connectivity index is 1.62. The lowest BCUT2D eigenvalue weighted by Crippen LogP contribution is -2.55. The summed E-state index contributed by atoms with van der Waals surface area (Å²) in [5, 5.41) is 7.13. The molecule has 0 aliphatic heterocycles. The van der Waals surface area contributed by atoms with Crippen LogP contribution in [-0.4, -0.2) is 38.8 Å². The van der Waals surface area contributed by atoms with Gasteiger partial charge in [0.05, 0.1) is 11.7 Å². The van der Waals surface area contributed by atoms with Gasteiger partial charge in [0.2, 0.25) is 5.91 Å². The lowest BCUT2D eigenvalue weighted by atomic mass is 10.0. The zero-order valence-electron chi connectivity index (χ0n) is 17.0. The van der Waals surface area contributed by atoms with E-state index in [1.807, 2.05) is 6.07 Å². The van der Waals surface area contributed by atoms with Gasteiger partial charge in [-0.1, -0.05) is 0 Å². The van der Waals surface area contributed by atoms with Gasteiger partial charge in [0.25, 0.3) is 0 Å². The summed E-state index contributed by atoms with van der Waals surface area (Å²) < 4.78 is 46.3. The molecule has 1 aliphatic rings. The van der Waals surface area contributed by atoms with E-state index in [2.05, 4.69) is 15.4 Å². The number of nitrogens with two attached hydrogens (primary N) is 1. The molecule has 0 unspecified atom stereocenters. The number of aryl methyl sites for hydroxylation is 1. The first-order valence-corrected chi connectivity index (χ1v) is 9.79. The van der Waals surface area contributed by atoms with Crippen molar-refractivity contribution in [2.75, 3.05) is 11.9 Å². The van der Waals surface area contributed by atoms with Crippen LogP contribution in [0.25, 0.3) is 16.6 Å². The summed E-state index contributed by atoms with van der Waals surface area (Å²) in [5.74, 6) is 0.654. The summed E-state index contributed by atoms with van der Waals surface area (Å²) in [5.41, 5.74) is 5.57. The van der Waals surface area contributed by atoms with Crippen LogP contribution >= 0.6 is 0 Å². The van der Waals surface area contributed by atoms with Crippen molar-refractivity contribution in [2.24, 2.45) is 11.7 Å². The number of hydrogen-bond acceptors (Lipinski definition) is 5. The number of carbonyl (C=O) groups excluding carboxylic acids is 1. The van der Waals surface area contributed by atoms with Crippen LogP contribution in [0.1, 0.15) is 25.5 Å². The minimum absolute atomic E-state index is 0.0430. The number of carbonyl (C=O) groups is 1. The van der Waals surface area contributed by atoms with Crippen LogP contribution in [0.15, 0.2) is 36.7 Å². The molecule has 1 amide bonds. The highest BCUT2D eigenvalue weighted by Gasteiger charge is 2.49. The van der Waals surface area contributed by atoms with Gasteiger partial charge in [-0.3, -0.25) is 9.78 Å². The number of fused-ring (bicyclic) bond motifs is 1. The Labute approximate surface area is 176 Å². The van der Waals surface area contributed by atoms with Gasteiger partial charge < -0.3 is 15.8 Å². The number of rotatable bonds is 6. The third-order valence-electron chi connectivity index (χ3n) is 5.15. The third-order valence-corrected chi connectivity index (χ3v) is 5.15. The van der Waals surface area contributed by atoms with Crippen LogP contribution in [0.3, 0.4) is 0 Å². The van der Waals surface area contributed by atoms with E-state index >= 15 is 0 Å². The molecule has 0 saturated heterocycles. The largest absolute Gasteiger partial charge is 0.489 e. The number of aromatic nitrogens is 3. The topological polar surface area (TPSA) is 94.5 Å². The Morgan fingerprint density at radius 1 is 1.32 bits per heavy atom. The molecule has 164 valence electrons. The number of alkyl halides is 3. The van der Waals surface area contributed by atoms with Gasteiger partial charge in [-0.05, 0) is 50.5 Å². The average molecular weight is 433 g/mol. The highest BCUT2D eigenvalue weighted by Crippen LogP contribution is 2.34. The average Bonchev–Trinajstić information content (AvgIpc) is 3.46. The number of hydrogen-bond donors (Lipinski definition) is 2. The van der Waals surface area contributed by atoms with Gasteiger partial charge in [-0.2, -0.15) is 18.3 Å². The van der Waals surface area contributed by atoms with Gasteiger partial charge in [0.15, 0.2) is 5.82 Å². The Morgan fingerprint density at radius 2 is 2.06 bits per heavy atom. The van der Waals surface area contributed by atoms with Crippen molar-refractivity contribution < 1.29 is 22.7 Å². The van der Waals surface area contributed by atoms with E-state index in [4.69, 9.17) is 10.5 Å². The number of amides is 1.